The number of amides is 1. The maximum Gasteiger partial charge on any atom is 0.293 e. The van der Waals surface area contributed by atoms with Crippen LogP contribution in [0.25, 0.3) is 11.3 Å². The van der Waals surface area contributed by atoms with Gasteiger partial charge in [0.25, 0.3) is 11.6 Å². The first kappa shape index (κ1) is 17.8. The van der Waals surface area contributed by atoms with Crippen molar-refractivity contribution in [3.8, 4) is 11.3 Å². The zero-order chi connectivity index (χ0) is 18.8. The molecular weight excluding hydrogens is 354 g/mol. The topological polar surface area (TPSA) is 98.3 Å². The lowest BCUT2D eigenvalue weighted by atomic mass is 10.1. The first-order valence-electron chi connectivity index (χ1n) is 7.97. The Balaban J connectivity index is 1.83. The molecule has 0 unspecified atom stereocenters. The molecule has 0 aliphatic heterocycles. The maximum atomic E-state index is 12.3. The molecule has 3 rings (SSSR count). The molecule has 0 atom stereocenters. The van der Waals surface area contributed by atoms with Crippen LogP contribution in [-0.4, -0.2) is 15.8 Å². The first-order chi connectivity index (χ1) is 12.3. The van der Waals surface area contributed by atoms with E-state index in [0.29, 0.717) is 16.6 Å². The van der Waals surface area contributed by atoms with Crippen molar-refractivity contribution in [2.75, 3.05) is 5.32 Å². The van der Waals surface area contributed by atoms with Crippen LogP contribution in [0.2, 0.25) is 0 Å². The first-order valence-corrected chi connectivity index (χ1v) is 8.79. The highest BCUT2D eigenvalue weighted by molar-refractivity contribution is 7.15. The van der Waals surface area contributed by atoms with Crippen LogP contribution in [-0.2, 0) is 0 Å². The van der Waals surface area contributed by atoms with Gasteiger partial charge >= 0.3 is 0 Å². The van der Waals surface area contributed by atoms with Gasteiger partial charge in [0.1, 0.15) is 5.76 Å². The highest BCUT2D eigenvalue weighted by atomic mass is 32.1. The molecule has 0 aliphatic carbocycles. The molecule has 2 aromatic heterocycles. The monoisotopic (exact) mass is 371 g/mol. The Labute approximate surface area is 153 Å². The van der Waals surface area contributed by atoms with Gasteiger partial charge in [-0.05, 0) is 36.6 Å². The Morgan fingerprint density at radius 1 is 1.31 bits per heavy atom. The van der Waals surface area contributed by atoms with E-state index in [1.807, 2.05) is 13.8 Å². The fourth-order valence-electron chi connectivity index (χ4n) is 2.38. The molecule has 0 radical (unpaired) electrons. The lowest BCUT2D eigenvalue weighted by Gasteiger charge is -2.02. The third-order valence-corrected chi connectivity index (χ3v) is 4.97. The summed E-state index contributed by atoms with van der Waals surface area (Å²) in [4.78, 5) is 28.4. The number of rotatable bonds is 5. The molecule has 1 N–H and O–H groups in total. The van der Waals surface area contributed by atoms with Crippen molar-refractivity contribution in [2.45, 2.75) is 26.7 Å². The Morgan fingerprint density at radius 3 is 2.73 bits per heavy atom. The van der Waals surface area contributed by atoms with Gasteiger partial charge in [0, 0.05) is 17.1 Å². The van der Waals surface area contributed by atoms with E-state index < -0.39 is 10.8 Å². The minimum Gasteiger partial charge on any atom is -0.451 e. The summed E-state index contributed by atoms with van der Waals surface area (Å²) in [6.45, 7) is 5.87. The predicted octanol–water partition coefficient (Wildman–Crippen LogP) is 5.00. The summed E-state index contributed by atoms with van der Waals surface area (Å²) in [5.74, 6) is 0.214. The van der Waals surface area contributed by atoms with E-state index in [0.717, 1.165) is 10.4 Å². The van der Waals surface area contributed by atoms with Crippen molar-refractivity contribution in [1.82, 2.24) is 4.98 Å². The van der Waals surface area contributed by atoms with E-state index >= 15 is 0 Å². The van der Waals surface area contributed by atoms with Gasteiger partial charge in [-0.2, -0.15) is 0 Å². The summed E-state index contributed by atoms with van der Waals surface area (Å²) in [6, 6.07) is 7.89. The number of hydrogen-bond donors (Lipinski definition) is 1. The Bertz CT molecular complexity index is 974. The molecule has 3 aromatic rings. The molecule has 1 amide bonds. The summed E-state index contributed by atoms with van der Waals surface area (Å²) < 4.78 is 5.55. The van der Waals surface area contributed by atoms with Crippen LogP contribution in [0.15, 0.2) is 40.9 Å². The molecule has 0 fully saturated rings. The van der Waals surface area contributed by atoms with E-state index in [1.165, 1.54) is 23.5 Å². The van der Waals surface area contributed by atoms with Crippen LogP contribution >= 0.6 is 11.3 Å². The SMILES string of the molecule is Cc1ccc(-c2ccc(C(=O)Nc3ncc(C(C)C)s3)o2)c([N+](=O)[O-])c1. The zero-order valence-corrected chi connectivity index (χ0v) is 15.3. The number of nitrogens with one attached hydrogen (secondary N) is 1. The number of carbonyl (C=O) groups is 1. The van der Waals surface area contributed by atoms with Crippen molar-refractivity contribution in [2.24, 2.45) is 0 Å². The number of hydrogen-bond acceptors (Lipinski definition) is 6. The lowest BCUT2D eigenvalue weighted by molar-refractivity contribution is -0.384. The van der Waals surface area contributed by atoms with Crippen molar-refractivity contribution >= 4 is 28.1 Å². The number of benzene rings is 1. The van der Waals surface area contributed by atoms with E-state index in [-0.39, 0.29) is 17.2 Å². The van der Waals surface area contributed by atoms with Crippen molar-refractivity contribution in [3.05, 3.63) is 62.8 Å². The van der Waals surface area contributed by atoms with Crippen LogP contribution in [0, 0.1) is 17.0 Å². The number of aryl methyl sites for hydroxylation is 1. The van der Waals surface area contributed by atoms with E-state index in [4.69, 9.17) is 4.42 Å². The molecule has 2 heterocycles. The van der Waals surface area contributed by atoms with E-state index in [9.17, 15) is 14.9 Å². The minimum absolute atomic E-state index is 0.0622. The normalized spacial score (nSPS) is 10.9. The van der Waals surface area contributed by atoms with Gasteiger partial charge in [-0.1, -0.05) is 19.9 Å². The summed E-state index contributed by atoms with van der Waals surface area (Å²) >= 11 is 1.40. The smallest absolute Gasteiger partial charge is 0.293 e. The number of thiazole rings is 1. The lowest BCUT2D eigenvalue weighted by Crippen LogP contribution is -2.10. The molecule has 134 valence electrons. The van der Waals surface area contributed by atoms with Crippen LogP contribution in [0.5, 0.6) is 0 Å². The standard InChI is InChI=1S/C18H17N3O4S/c1-10(2)16-9-19-18(26-16)20-17(22)15-7-6-14(25-15)12-5-4-11(3)8-13(12)21(23)24/h4-10H,1-3H3,(H,19,20,22). The molecule has 7 nitrogen and oxygen atoms in total. The van der Waals surface area contributed by atoms with E-state index in [2.05, 4.69) is 10.3 Å². The van der Waals surface area contributed by atoms with Crippen LogP contribution in [0.3, 0.4) is 0 Å². The molecule has 1 aromatic carbocycles. The Kier molecular flexibility index (Phi) is 4.85. The molecule has 0 bridgehead atoms. The fourth-order valence-corrected chi connectivity index (χ4v) is 3.19. The molecule has 0 spiro atoms. The van der Waals surface area contributed by atoms with Gasteiger partial charge in [0.05, 0.1) is 10.5 Å². The van der Waals surface area contributed by atoms with E-state index in [1.54, 1.807) is 31.3 Å². The van der Waals surface area contributed by atoms with Crippen molar-refractivity contribution in [3.63, 3.8) is 0 Å². The average Bonchev–Trinajstić information content (AvgIpc) is 3.24. The fraction of sp³-hybridized carbons (Fsp3) is 0.222. The number of anilines is 1. The maximum absolute atomic E-state index is 12.3. The van der Waals surface area contributed by atoms with Gasteiger partial charge in [-0.15, -0.1) is 11.3 Å². The van der Waals surface area contributed by atoms with Crippen LogP contribution < -0.4 is 5.32 Å². The highest BCUT2D eigenvalue weighted by Crippen LogP contribution is 2.32. The summed E-state index contributed by atoms with van der Waals surface area (Å²) in [7, 11) is 0. The van der Waals surface area contributed by atoms with Crippen molar-refractivity contribution < 1.29 is 14.1 Å². The van der Waals surface area contributed by atoms with Gasteiger partial charge in [-0.3, -0.25) is 20.2 Å². The molecular formula is C18H17N3O4S. The Morgan fingerprint density at radius 2 is 2.08 bits per heavy atom. The largest absolute Gasteiger partial charge is 0.451 e. The number of furan rings is 1. The average molecular weight is 371 g/mol. The second-order valence-electron chi connectivity index (χ2n) is 6.12. The third-order valence-electron chi connectivity index (χ3n) is 3.76. The molecule has 0 saturated heterocycles. The predicted molar refractivity (Wildman–Crippen MR) is 99.7 cm³/mol. The van der Waals surface area contributed by atoms with Crippen molar-refractivity contribution in [1.29, 1.82) is 0 Å². The quantitative estimate of drug-likeness (QED) is 0.503. The molecule has 26 heavy (non-hydrogen) atoms. The van der Waals surface area contributed by atoms with Crippen LogP contribution in [0.1, 0.15) is 40.8 Å². The molecule has 8 heteroatoms. The number of nitrogens with zero attached hydrogens (tertiary/aromatic N) is 2. The van der Waals surface area contributed by atoms with Gasteiger partial charge in [-0.25, -0.2) is 4.98 Å². The van der Waals surface area contributed by atoms with Gasteiger partial charge < -0.3 is 4.42 Å². The summed E-state index contributed by atoms with van der Waals surface area (Å²) in [5.41, 5.74) is 1.04. The Hall–Kier alpha value is -3.00. The number of nitro benzene ring substituents is 1. The highest BCUT2D eigenvalue weighted by Gasteiger charge is 2.20. The van der Waals surface area contributed by atoms with Gasteiger partial charge in [0.2, 0.25) is 0 Å². The molecule has 0 aliphatic rings. The molecule has 0 saturated carbocycles. The van der Waals surface area contributed by atoms with Gasteiger partial charge in [0.15, 0.2) is 10.9 Å². The second kappa shape index (κ2) is 7.09. The number of aromatic nitrogens is 1. The van der Waals surface area contributed by atoms with Crippen LogP contribution in [0.4, 0.5) is 10.8 Å². The number of nitro groups is 1. The summed E-state index contributed by atoms with van der Waals surface area (Å²) in [5, 5.41) is 14.4. The summed E-state index contributed by atoms with van der Waals surface area (Å²) in [6.07, 6.45) is 1.73. The number of carbonyl (C=O) groups excluding carboxylic acids is 1. The zero-order valence-electron chi connectivity index (χ0n) is 14.5. The minimum atomic E-state index is -0.465. The third kappa shape index (κ3) is 3.65. The second-order valence-corrected chi connectivity index (χ2v) is 7.18.